The van der Waals surface area contributed by atoms with E-state index in [0.29, 0.717) is 6.54 Å². The van der Waals surface area contributed by atoms with E-state index in [4.69, 9.17) is 0 Å². The summed E-state index contributed by atoms with van der Waals surface area (Å²) < 4.78 is 0. The summed E-state index contributed by atoms with van der Waals surface area (Å²) in [6.45, 7) is 1.16. The number of hydrogen-bond donors (Lipinski definition) is 1. The van der Waals surface area contributed by atoms with Crippen molar-refractivity contribution in [2.24, 2.45) is 0 Å². The molecule has 6 nitrogen and oxygen atoms in total. The monoisotopic (exact) mass is 393 g/mol. The number of carbonyl (C=O) groups excluding carboxylic acids is 1. The Morgan fingerprint density at radius 3 is 2.71 bits per heavy atom. The van der Waals surface area contributed by atoms with Gasteiger partial charge in [0.2, 0.25) is 0 Å². The van der Waals surface area contributed by atoms with Crippen LogP contribution >= 0.6 is 11.3 Å². The van der Waals surface area contributed by atoms with Crippen LogP contribution in [0.5, 0.6) is 0 Å². The first-order valence-corrected chi connectivity index (χ1v) is 10.4. The summed E-state index contributed by atoms with van der Waals surface area (Å²) in [7, 11) is 0. The van der Waals surface area contributed by atoms with Crippen LogP contribution in [0.1, 0.15) is 42.3 Å². The molecule has 1 unspecified atom stereocenters. The third-order valence-corrected chi connectivity index (χ3v) is 5.96. The second-order valence-electron chi connectivity index (χ2n) is 6.86. The number of aromatic nitrogens is 3. The van der Waals surface area contributed by atoms with E-state index in [9.17, 15) is 4.79 Å². The fourth-order valence-electron chi connectivity index (χ4n) is 3.56. The third kappa shape index (κ3) is 4.36. The smallest absolute Gasteiger partial charge is 0.318 e. The molecule has 0 bridgehead atoms. The van der Waals surface area contributed by atoms with E-state index in [-0.39, 0.29) is 12.1 Å². The zero-order valence-corrected chi connectivity index (χ0v) is 16.4. The molecule has 1 fully saturated rings. The predicted molar refractivity (Wildman–Crippen MR) is 110 cm³/mol. The van der Waals surface area contributed by atoms with Gasteiger partial charge in [0.25, 0.3) is 0 Å². The third-order valence-electron chi connectivity index (χ3n) is 4.98. The van der Waals surface area contributed by atoms with Crippen molar-refractivity contribution in [1.29, 1.82) is 0 Å². The van der Waals surface area contributed by atoms with E-state index in [1.807, 2.05) is 47.4 Å². The van der Waals surface area contributed by atoms with Gasteiger partial charge in [0.05, 0.1) is 12.6 Å². The molecule has 1 atom stereocenters. The minimum absolute atomic E-state index is 0.0415. The SMILES string of the molecule is O=C(NCc1nnc(-c2ccccc2)s1)N1CCCCCC1c1ccncc1. The molecule has 28 heavy (non-hydrogen) atoms. The van der Waals surface area contributed by atoms with Crippen LogP contribution < -0.4 is 5.32 Å². The summed E-state index contributed by atoms with van der Waals surface area (Å²) >= 11 is 1.51. The van der Waals surface area contributed by atoms with Crippen molar-refractivity contribution in [2.75, 3.05) is 6.54 Å². The molecule has 1 aliphatic heterocycles. The summed E-state index contributed by atoms with van der Waals surface area (Å²) in [6.07, 6.45) is 7.89. The number of amides is 2. The number of nitrogens with zero attached hydrogens (tertiary/aromatic N) is 4. The van der Waals surface area contributed by atoms with Gasteiger partial charge in [0.15, 0.2) is 0 Å². The van der Waals surface area contributed by atoms with E-state index in [1.165, 1.54) is 11.3 Å². The quantitative estimate of drug-likeness (QED) is 0.712. The van der Waals surface area contributed by atoms with E-state index >= 15 is 0 Å². The Bertz CT molecular complexity index is 899. The van der Waals surface area contributed by atoms with Crippen molar-refractivity contribution in [3.05, 3.63) is 65.4 Å². The lowest BCUT2D eigenvalue weighted by Crippen LogP contribution is -2.41. The zero-order valence-electron chi connectivity index (χ0n) is 15.6. The Morgan fingerprint density at radius 2 is 1.89 bits per heavy atom. The summed E-state index contributed by atoms with van der Waals surface area (Å²) in [5.41, 5.74) is 2.19. The molecule has 1 N–H and O–H groups in total. The highest BCUT2D eigenvalue weighted by Gasteiger charge is 2.26. The average molecular weight is 394 g/mol. The number of likely N-dealkylation sites (tertiary alicyclic amines) is 1. The van der Waals surface area contributed by atoms with Crippen molar-refractivity contribution in [3.63, 3.8) is 0 Å². The minimum Gasteiger partial charge on any atom is -0.331 e. The molecule has 4 rings (SSSR count). The summed E-state index contributed by atoms with van der Waals surface area (Å²) in [5.74, 6) is 0. The van der Waals surface area contributed by atoms with Gasteiger partial charge >= 0.3 is 6.03 Å². The largest absolute Gasteiger partial charge is 0.331 e. The van der Waals surface area contributed by atoms with Gasteiger partial charge in [-0.15, -0.1) is 10.2 Å². The molecule has 1 aliphatic rings. The Kier molecular flexibility index (Phi) is 5.92. The van der Waals surface area contributed by atoms with Crippen molar-refractivity contribution in [2.45, 2.75) is 38.3 Å². The van der Waals surface area contributed by atoms with Gasteiger partial charge in [-0.2, -0.15) is 0 Å². The summed E-state index contributed by atoms with van der Waals surface area (Å²) in [4.78, 5) is 19.0. The first-order chi connectivity index (χ1) is 13.8. The van der Waals surface area contributed by atoms with E-state index in [0.717, 1.165) is 53.4 Å². The standard InChI is InChI=1S/C21H23N5OS/c27-21(23-15-19-24-25-20(28-19)17-7-3-1-4-8-17)26-14-6-2-5-9-18(26)16-10-12-22-13-11-16/h1,3-4,7-8,10-13,18H,2,5-6,9,14-15H2,(H,23,27). The van der Waals surface area contributed by atoms with Crippen molar-refractivity contribution >= 4 is 17.4 Å². The van der Waals surface area contributed by atoms with Crippen LogP contribution in [0.3, 0.4) is 0 Å². The van der Waals surface area contributed by atoms with Crippen LogP contribution in [0.4, 0.5) is 4.79 Å². The molecule has 7 heteroatoms. The molecular weight excluding hydrogens is 370 g/mol. The molecule has 3 heterocycles. The Morgan fingerprint density at radius 1 is 1.07 bits per heavy atom. The van der Waals surface area contributed by atoms with E-state index in [2.05, 4.69) is 20.5 Å². The van der Waals surface area contributed by atoms with Gasteiger partial charge in [-0.3, -0.25) is 4.98 Å². The normalized spacial score (nSPS) is 17.1. The van der Waals surface area contributed by atoms with Crippen molar-refractivity contribution in [3.8, 4) is 10.6 Å². The second-order valence-corrected chi connectivity index (χ2v) is 7.93. The number of pyridine rings is 1. The van der Waals surface area contributed by atoms with Crippen LogP contribution in [0.2, 0.25) is 0 Å². The fraction of sp³-hybridized carbons (Fsp3) is 0.333. The molecule has 0 saturated carbocycles. The Labute approximate surface area is 168 Å². The molecule has 2 amide bonds. The van der Waals surface area contributed by atoms with Gasteiger partial charge in [-0.25, -0.2) is 4.79 Å². The Hall–Kier alpha value is -2.80. The molecule has 0 aliphatic carbocycles. The Balaban J connectivity index is 1.43. The maximum absolute atomic E-state index is 12.9. The van der Waals surface area contributed by atoms with E-state index in [1.54, 1.807) is 12.4 Å². The highest BCUT2D eigenvalue weighted by atomic mass is 32.1. The first-order valence-electron chi connectivity index (χ1n) is 9.63. The highest BCUT2D eigenvalue weighted by Crippen LogP contribution is 2.30. The molecular formula is C21H23N5OS. The molecule has 1 aromatic carbocycles. The maximum Gasteiger partial charge on any atom is 0.318 e. The molecule has 3 aromatic rings. The lowest BCUT2D eigenvalue weighted by Gasteiger charge is -2.30. The molecule has 1 saturated heterocycles. The number of rotatable bonds is 4. The lowest BCUT2D eigenvalue weighted by molar-refractivity contribution is 0.175. The molecule has 2 aromatic heterocycles. The molecule has 144 valence electrons. The lowest BCUT2D eigenvalue weighted by atomic mass is 10.0. The number of carbonyl (C=O) groups is 1. The van der Waals surface area contributed by atoms with Gasteiger partial charge in [-0.1, -0.05) is 54.5 Å². The minimum atomic E-state index is -0.0415. The van der Waals surface area contributed by atoms with Gasteiger partial charge in [-0.05, 0) is 30.5 Å². The predicted octanol–water partition coefficient (Wildman–Crippen LogP) is 4.43. The first kappa shape index (κ1) is 18.6. The van der Waals surface area contributed by atoms with Crippen LogP contribution in [-0.2, 0) is 6.54 Å². The molecule has 0 radical (unpaired) electrons. The average Bonchev–Trinajstić information content (AvgIpc) is 3.09. The van der Waals surface area contributed by atoms with Crippen LogP contribution in [0.15, 0.2) is 54.9 Å². The fourth-order valence-corrected chi connectivity index (χ4v) is 4.34. The zero-order chi connectivity index (χ0) is 19.2. The summed E-state index contributed by atoms with van der Waals surface area (Å²) in [5, 5.41) is 13.2. The van der Waals surface area contributed by atoms with Crippen molar-refractivity contribution < 1.29 is 4.79 Å². The number of hydrogen-bond acceptors (Lipinski definition) is 5. The van der Waals surface area contributed by atoms with Gasteiger partial charge < -0.3 is 10.2 Å². The van der Waals surface area contributed by atoms with Crippen LogP contribution in [0.25, 0.3) is 10.6 Å². The topological polar surface area (TPSA) is 71.0 Å². The van der Waals surface area contributed by atoms with Crippen LogP contribution in [0, 0.1) is 0 Å². The number of benzene rings is 1. The van der Waals surface area contributed by atoms with Crippen molar-refractivity contribution in [1.82, 2.24) is 25.4 Å². The van der Waals surface area contributed by atoms with Crippen LogP contribution in [-0.4, -0.2) is 32.7 Å². The summed E-state index contributed by atoms with van der Waals surface area (Å²) in [6, 6.07) is 14.0. The second kappa shape index (κ2) is 8.93. The van der Waals surface area contributed by atoms with Gasteiger partial charge in [0.1, 0.15) is 10.0 Å². The van der Waals surface area contributed by atoms with E-state index < -0.39 is 0 Å². The van der Waals surface area contributed by atoms with Gasteiger partial charge in [0, 0.05) is 24.5 Å². The number of urea groups is 1. The highest BCUT2D eigenvalue weighted by molar-refractivity contribution is 7.14. The molecule has 0 spiro atoms. The maximum atomic E-state index is 12.9. The number of nitrogens with one attached hydrogen (secondary N) is 1.